The average Bonchev–Trinajstić information content (AvgIpc) is 2.45. The Morgan fingerprint density at radius 3 is 1.90 bits per heavy atom. The lowest BCUT2D eigenvalue weighted by Gasteiger charge is -1.94. The predicted octanol–water partition coefficient (Wildman–Crippen LogP) is 0.892. The molecule has 4 heteroatoms. The van der Waals surface area contributed by atoms with E-state index in [0.717, 1.165) is 0 Å². The molecule has 0 saturated heterocycles. The topological polar surface area (TPSA) is 80.3 Å². The number of fused-ring (bicyclic) bond motifs is 2. The zero-order chi connectivity index (χ0) is 14.4. The molecule has 0 aliphatic heterocycles. The number of carboxylic acid groups (broad SMARTS) is 1. The van der Waals surface area contributed by atoms with Gasteiger partial charge in [0.25, 0.3) is 0 Å². The van der Waals surface area contributed by atoms with E-state index in [-0.39, 0.29) is 13.0 Å². The van der Waals surface area contributed by atoms with E-state index in [0.29, 0.717) is 0 Å². The van der Waals surface area contributed by atoms with Gasteiger partial charge in [-0.25, -0.2) is 4.98 Å². The summed E-state index contributed by atoms with van der Waals surface area (Å²) in [6, 6.07) is 18.9. The van der Waals surface area contributed by atoms with E-state index in [1.807, 2.05) is 12.1 Å². The molecule has 0 bridgehead atoms. The van der Waals surface area contributed by atoms with E-state index in [1.165, 1.54) is 21.8 Å². The molecule has 0 aliphatic carbocycles. The summed E-state index contributed by atoms with van der Waals surface area (Å²) in [6.45, 7) is 0.169. The van der Waals surface area contributed by atoms with Crippen molar-refractivity contribution in [3.8, 4) is 0 Å². The normalized spacial score (nSPS) is 10.1. The number of aliphatic carboxylic acids is 1. The molecule has 0 saturated carbocycles. The molecule has 102 valence electrons. The molecular formula is C16H16N2O2. The van der Waals surface area contributed by atoms with Crippen molar-refractivity contribution in [3.63, 3.8) is 0 Å². The van der Waals surface area contributed by atoms with Gasteiger partial charge in [0.05, 0.1) is 0 Å². The number of carbonyl (C=O) groups excluding carboxylic acids is 1. The van der Waals surface area contributed by atoms with E-state index in [2.05, 4.69) is 47.4 Å². The smallest absolute Gasteiger partial charge is 0.211 e. The Morgan fingerprint density at radius 1 is 1.00 bits per heavy atom. The highest BCUT2D eigenvalue weighted by Crippen LogP contribution is 2.15. The third-order valence-corrected chi connectivity index (χ3v) is 2.85. The van der Waals surface area contributed by atoms with Crippen LogP contribution in [-0.2, 0) is 4.79 Å². The van der Waals surface area contributed by atoms with Crippen LogP contribution in [-0.4, -0.2) is 12.5 Å². The van der Waals surface area contributed by atoms with Crippen molar-refractivity contribution < 1.29 is 14.9 Å². The zero-order valence-corrected chi connectivity index (χ0v) is 11.0. The standard InChI is InChI=1S/C13H9N.C3H7NO2/c1-3-7-12-10(5-1)9-11-6-2-4-8-13(11)14-12;4-2-1-3(5)6/h1-9H;1-2,4H2,(H,5,6). The number of aromatic amines is 1. The third-order valence-electron chi connectivity index (χ3n) is 2.85. The molecule has 0 radical (unpaired) electrons. The van der Waals surface area contributed by atoms with E-state index in [4.69, 9.17) is 5.73 Å². The summed E-state index contributed by atoms with van der Waals surface area (Å²) in [7, 11) is 0. The van der Waals surface area contributed by atoms with Crippen LogP contribution in [0, 0.1) is 0 Å². The molecule has 0 amide bonds. The van der Waals surface area contributed by atoms with Crippen LogP contribution in [0.5, 0.6) is 0 Å². The Bertz CT molecular complexity index is 621. The highest BCUT2D eigenvalue weighted by molar-refractivity contribution is 5.87. The first-order chi connectivity index (χ1) is 9.70. The quantitative estimate of drug-likeness (QED) is 0.701. The summed E-state index contributed by atoms with van der Waals surface area (Å²) < 4.78 is 0. The largest absolute Gasteiger partial charge is 0.550 e. The maximum absolute atomic E-state index is 9.41. The second kappa shape index (κ2) is 6.63. The van der Waals surface area contributed by atoms with Crippen molar-refractivity contribution in [3.05, 3.63) is 54.6 Å². The fourth-order valence-corrected chi connectivity index (χ4v) is 1.90. The van der Waals surface area contributed by atoms with Crippen LogP contribution < -0.4 is 15.8 Å². The lowest BCUT2D eigenvalue weighted by Crippen LogP contribution is -2.24. The minimum absolute atomic E-state index is 0.0417. The summed E-state index contributed by atoms with van der Waals surface area (Å²) in [6.07, 6.45) is -0.0417. The molecule has 0 atom stereocenters. The van der Waals surface area contributed by atoms with Crippen molar-refractivity contribution in [1.29, 1.82) is 0 Å². The monoisotopic (exact) mass is 268 g/mol. The van der Waals surface area contributed by atoms with Crippen LogP contribution in [0.1, 0.15) is 6.42 Å². The summed E-state index contributed by atoms with van der Waals surface area (Å²) in [5, 5.41) is 11.9. The number of nitrogens with two attached hydrogens (primary N) is 1. The SMILES string of the molecule is NCCC(=O)[O-].c1ccc2[nH+]c3ccccc3cc2c1. The third kappa shape index (κ3) is 3.52. The molecule has 0 unspecified atom stereocenters. The van der Waals surface area contributed by atoms with Crippen LogP contribution in [0.3, 0.4) is 0 Å². The van der Waals surface area contributed by atoms with Gasteiger partial charge in [-0.2, -0.15) is 0 Å². The second-order valence-corrected chi connectivity index (χ2v) is 4.35. The number of benzene rings is 2. The number of rotatable bonds is 2. The van der Waals surface area contributed by atoms with Gasteiger partial charge in [-0.3, -0.25) is 0 Å². The van der Waals surface area contributed by atoms with E-state index in [9.17, 15) is 9.90 Å². The molecule has 20 heavy (non-hydrogen) atoms. The van der Waals surface area contributed by atoms with Gasteiger partial charge in [-0.05, 0) is 31.2 Å². The van der Waals surface area contributed by atoms with Gasteiger partial charge in [-0.1, -0.05) is 24.3 Å². The molecular weight excluding hydrogens is 252 g/mol. The first-order valence-electron chi connectivity index (χ1n) is 6.40. The molecule has 0 fully saturated rings. The first kappa shape index (κ1) is 14.0. The Hall–Kier alpha value is -2.46. The molecule has 4 nitrogen and oxygen atoms in total. The van der Waals surface area contributed by atoms with Gasteiger partial charge in [-0.15, -0.1) is 0 Å². The summed E-state index contributed by atoms with van der Waals surface area (Å²) in [4.78, 5) is 12.8. The number of nitrogens with one attached hydrogen (secondary N) is 1. The minimum atomic E-state index is -1.09. The van der Waals surface area contributed by atoms with Crippen LogP contribution in [0.15, 0.2) is 54.6 Å². The highest BCUT2D eigenvalue weighted by Gasteiger charge is 2.03. The van der Waals surface area contributed by atoms with Crippen molar-refractivity contribution in [2.45, 2.75) is 6.42 Å². The number of hydrogen-bond acceptors (Lipinski definition) is 3. The Labute approximate surface area is 116 Å². The average molecular weight is 268 g/mol. The van der Waals surface area contributed by atoms with Gasteiger partial charge in [0.15, 0.2) is 0 Å². The lowest BCUT2D eigenvalue weighted by atomic mass is 10.1. The number of aromatic nitrogens is 1. The Kier molecular flexibility index (Phi) is 4.63. The van der Waals surface area contributed by atoms with Gasteiger partial charge < -0.3 is 15.6 Å². The number of carboxylic acids is 1. The number of hydrogen-bond donors (Lipinski definition) is 1. The van der Waals surface area contributed by atoms with Gasteiger partial charge in [0, 0.05) is 28.9 Å². The molecule has 3 aromatic rings. The second-order valence-electron chi connectivity index (χ2n) is 4.35. The number of pyridine rings is 1. The van der Waals surface area contributed by atoms with E-state index in [1.54, 1.807) is 0 Å². The number of H-pyrrole nitrogens is 1. The van der Waals surface area contributed by atoms with Gasteiger partial charge >= 0.3 is 0 Å². The maximum atomic E-state index is 9.41. The van der Waals surface area contributed by atoms with Crippen molar-refractivity contribution >= 4 is 27.8 Å². The molecule has 0 aliphatic rings. The van der Waals surface area contributed by atoms with E-state index >= 15 is 0 Å². The molecule has 1 aromatic heterocycles. The molecule has 0 spiro atoms. The molecule has 3 N–H and O–H groups in total. The van der Waals surface area contributed by atoms with Gasteiger partial charge in [0.2, 0.25) is 11.0 Å². The van der Waals surface area contributed by atoms with Crippen LogP contribution in [0.25, 0.3) is 21.8 Å². The molecule has 3 rings (SSSR count). The zero-order valence-electron chi connectivity index (χ0n) is 11.0. The van der Waals surface area contributed by atoms with Crippen LogP contribution >= 0.6 is 0 Å². The fraction of sp³-hybridized carbons (Fsp3) is 0.125. The minimum Gasteiger partial charge on any atom is -0.550 e. The highest BCUT2D eigenvalue weighted by atomic mass is 16.4. The summed E-state index contributed by atoms with van der Waals surface area (Å²) >= 11 is 0. The lowest BCUT2D eigenvalue weighted by molar-refractivity contribution is -0.310. The van der Waals surface area contributed by atoms with Crippen molar-refractivity contribution in [2.24, 2.45) is 5.73 Å². The first-order valence-corrected chi connectivity index (χ1v) is 6.40. The van der Waals surface area contributed by atoms with Gasteiger partial charge in [0.1, 0.15) is 0 Å². The van der Waals surface area contributed by atoms with Crippen molar-refractivity contribution in [1.82, 2.24) is 0 Å². The molecule has 2 aromatic carbocycles. The number of para-hydroxylation sites is 2. The van der Waals surface area contributed by atoms with Crippen LogP contribution in [0.4, 0.5) is 0 Å². The van der Waals surface area contributed by atoms with E-state index < -0.39 is 5.97 Å². The summed E-state index contributed by atoms with van der Waals surface area (Å²) in [5.41, 5.74) is 7.18. The predicted molar refractivity (Wildman–Crippen MR) is 76.7 cm³/mol. The summed E-state index contributed by atoms with van der Waals surface area (Å²) in [5.74, 6) is -1.09. The van der Waals surface area contributed by atoms with Crippen molar-refractivity contribution in [2.75, 3.05) is 6.54 Å². The van der Waals surface area contributed by atoms with Crippen LogP contribution in [0.2, 0.25) is 0 Å². The number of carbonyl (C=O) groups is 1. The molecule has 1 heterocycles. The fourth-order valence-electron chi connectivity index (χ4n) is 1.90. The maximum Gasteiger partial charge on any atom is 0.211 e. The Balaban J connectivity index is 0.000000212. The Morgan fingerprint density at radius 2 is 1.50 bits per heavy atom.